The summed E-state index contributed by atoms with van der Waals surface area (Å²) in [5.74, 6) is 0.396. The van der Waals surface area contributed by atoms with Crippen LogP contribution in [0, 0.1) is 17.0 Å². The van der Waals surface area contributed by atoms with Crippen LogP contribution in [0.5, 0.6) is 5.75 Å². The molecule has 0 saturated carbocycles. The standard InChI is InChI=1S/C21H20ClN3O6/c1-12(2)16-9-17(22)13(3)8-18(16)29-11-20(26)30-10-19-23-24-21(31-19)14-4-6-15(7-5-14)25(27)28/h4-9,12H,10-11H2,1-3H3. The van der Waals surface area contributed by atoms with Crippen LogP contribution in [-0.2, 0) is 16.1 Å². The summed E-state index contributed by atoms with van der Waals surface area (Å²) in [6, 6.07) is 9.28. The number of halogens is 1. The molecule has 0 bridgehead atoms. The number of ether oxygens (including phenoxy) is 2. The summed E-state index contributed by atoms with van der Waals surface area (Å²) in [4.78, 5) is 22.3. The van der Waals surface area contributed by atoms with E-state index in [0.29, 0.717) is 16.3 Å². The van der Waals surface area contributed by atoms with E-state index in [1.54, 1.807) is 6.07 Å². The largest absolute Gasteiger partial charge is 0.482 e. The van der Waals surface area contributed by atoms with Gasteiger partial charge in [-0.15, -0.1) is 10.2 Å². The Labute approximate surface area is 183 Å². The van der Waals surface area contributed by atoms with E-state index in [-0.39, 0.29) is 36.6 Å². The van der Waals surface area contributed by atoms with Gasteiger partial charge < -0.3 is 13.9 Å². The molecule has 0 fully saturated rings. The highest BCUT2D eigenvalue weighted by Gasteiger charge is 2.15. The maximum Gasteiger partial charge on any atom is 0.344 e. The van der Waals surface area contributed by atoms with Gasteiger partial charge in [0.05, 0.1) is 4.92 Å². The quantitative estimate of drug-likeness (QED) is 0.274. The summed E-state index contributed by atoms with van der Waals surface area (Å²) in [6.07, 6.45) is 0. The number of nitro groups is 1. The third-order valence-electron chi connectivity index (χ3n) is 4.41. The number of aromatic nitrogens is 2. The summed E-state index contributed by atoms with van der Waals surface area (Å²) in [7, 11) is 0. The Morgan fingerprint density at radius 1 is 1.23 bits per heavy atom. The second-order valence-corrected chi connectivity index (χ2v) is 7.46. The van der Waals surface area contributed by atoms with Crippen molar-refractivity contribution in [2.75, 3.05) is 6.61 Å². The van der Waals surface area contributed by atoms with Gasteiger partial charge in [0, 0.05) is 22.7 Å². The number of carbonyl (C=O) groups is 1. The van der Waals surface area contributed by atoms with E-state index in [1.165, 1.54) is 24.3 Å². The van der Waals surface area contributed by atoms with Gasteiger partial charge in [0.2, 0.25) is 5.89 Å². The van der Waals surface area contributed by atoms with Gasteiger partial charge in [0.1, 0.15) is 5.75 Å². The predicted octanol–water partition coefficient (Wildman–Crippen LogP) is 4.85. The van der Waals surface area contributed by atoms with Crippen LogP contribution in [-0.4, -0.2) is 27.7 Å². The van der Waals surface area contributed by atoms with Crippen molar-refractivity contribution in [3.63, 3.8) is 0 Å². The number of non-ortho nitro benzene ring substituents is 1. The molecule has 0 spiro atoms. The molecule has 3 aromatic rings. The Balaban J connectivity index is 1.56. The summed E-state index contributed by atoms with van der Waals surface area (Å²) in [5, 5.41) is 19.0. The van der Waals surface area contributed by atoms with E-state index >= 15 is 0 Å². The van der Waals surface area contributed by atoms with Crippen molar-refractivity contribution in [3.05, 3.63) is 68.6 Å². The Kier molecular flexibility index (Phi) is 6.86. The number of benzene rings is 2. The first-order valence-electron chi connectivity index (χ1n) is 9.40. The van der Waals surface area contributed by atoms with Crippen molar-refractivity contribution in [1.29, 1.82) is 0 Å². The van der Waals surface area contributed by atoms with Crippen LogP contribution in [0.3, 0.4) is 0 Å². The zero-order valence-corrected chi connectivity index (χ0v) is 17.9. The highest BCUT2D eigenvalue weighted by atomic mass is 35.5. The molecule has 0 amide bonds. The molecule has 10 heteroatoms. The van der Waals surface area contributed by atoms with Crippen molar-refractivity contribution < 1.29 is 23.6 Å². The maximum atomic E-state index is 12.1. The second-order valence-electron chi connectivity index (χ2n) is 7.05. The average molecular weight is 446 g/mol. The molecule has 0 saturated heterocycles. The molecule has 1 aromatic heterocycles. The fourth-order valence-electron chi connectivity index (χ4n) is 2.72. The highest BCUT2D eigenvalue weighted by molar-refractivity contribution is 6.31. The third kappa shape index (κ3) is 5.58. The van der Waals surface area contributed by atoms with E-state index in [0.717, 1.165) is 11.1 Å². The van der Waals surface area contributed by atoms with E-state index < -0.39 is 10.9 Å². The van der Waals surface area contributed by atoms with E-state index in [4.69, 9.17) is 25.5 Å². The Bertz CT molecular complexity index is 1090. The lowest BCUT2D eigenvalue weighted by atomic mass is 10.0. The number of hydrogen-bond acceptors (Lipinski definition) is 8. The minimum absolute atomic E-state index is 0.0473. The van der Waals surface area contributed by atoms with Crippen molar-refractivity contribution in [2.24, 2.45) is 0 Å². The molecule has 1 heterocycles. The minimum Gasteiger partial charge on any atom is -0.482 e. The molecule has 3 rings (SSSR count). The third-order valence-corrected chi connectivity index (χ3v) is 4.81. The number of nitrogens with zero attached hydrogens (tertiary/aromatic N) is 3. The monoisotopic (exact) mass is 445 g/mol. The van der Waals surface area contributed by atoms with Crippen LogP contribution in [0.15, 0.2) is 40.8 Å². The van der Waals surface area contributed by atoms with Gasteiger partial charge in [0.25, 0.3) is 11.6 Å². The molecular weight excluding hydrogens is 426 g/mol. The molecular formula is C21H20ClN3O6. The first-order valence-corrected chi connectivity index (χ1v) is 9.78. The lowest BCUT2D eigenvalue weighted by Crippen LogP contribution is -2.15. The van der Waals surface area contributed by atoms with E-state index in [9.17, 15) is 14.9 Å². The molecule has 0 unspecified atom stereocenters. The van der Waals surface area contributed by atoms with Crippen LogP contribution in [0.25, 0.3) is 11.5 Å². The predicted molar refractivity (Wildman–Crippen MR) is 112 cm³/mol. The number of carbonyl (C=O) groups excluding carboxylic acids is 1. The molecule has 0 aliphatic carbocycles. The minimum atomic E-state index is -0.600. The summed E-state index contributed by atoms with van der Waals surface area (Å²) >= 11 is 6.18. The van der Waals surface area contributed by atoms with E-state index in [2.05, 4.69) is 10.2 Å². The fourth-order valence-corrected chi connectivity index (χ4v) is 2.89. The van der Waals surface area contributed by atoms with Gasteiger partial charge in [-0.3, -0.25) is 10.1 Å². The number of aryl methyl sites for hydroxylation is 1. The molecule has 0 aliphatic heterocycles. The average Bonchev–Trinajstić information content (AvgIpc) is 3.21. The van der Waals surface area contributed by atoms with Gasteiger partial charge >= 0.3 is 5.97 Å². The number of esters is 1. The van der Waals surface area contributed by atoms with Gasteiger partial charge in [-0.25, -0.2) is 4.79 Å². The molecule has 0 aliphatic rings. The Hall–Kier alpha value is -3.46. The van der Waals surface area contributed by atoms with Gasteiger partial charge in [-0.1, -0.05) is 25.4 Å². The van der Waals surface area contributed by atoms with Gasteiger partial charge in [-0.2, -0.15) is 0 Å². The van der Waals surface area contributed by atoms with Crippen LogP contribution < -0.4 is 4.74 Å². The molecule has 9 nitrogen and oxygen atoms in total. The van der Waals surface area contributed by atoms with E-state index in [1.807, 2.05) is 26.8 Å². The van der Waals surface area contributed by atoms with Crippen LogP contribution in [0.2, 0.25) is 5.02 Å². The molecule has 0 atom stereocenters. The number of rotatable bonds is 8. The molecule has 162 valence electrons. The van der Waals surface area contributed by atoms with Crippen molar-refractivity contribution in [3.8, 4) is 17.2 Å². The van der Waals surface area contributed by atoms with Crippen molar-refractivity contribution in [2.45, 2.75) is 33.3 Å². The molecule has 2 aromatic carbocycles. The van der Waals surface area contributed by atoms with Gasteiger partial charge in [-0.05, 0) is 48.2 Å². The van der Waals surface area contributed by atoms with Crippen LogP contribution in [0.4, 0.5) is 5.69 Å². The molecule has 0 radical (unpaired) electrons. The molecule has 31 heavy (non-hydrogen) atoms. The lowest BCUT2D eigenvalue weighted by molar-refractivity contribution is -0.384. The fraction of sp³-hybridized carbons (Fsp3) is 0.286. The maximum absolute atomic E-state index is 12.1. The van der Waals surface area contributed by atoms with Crippen molar-refractivity contribution in [1.82, 2.24) is 10.2 Å². The van der Waals surface area contributed by atoms with Crippen LogP contribution in [0.1, 0.15) is 36.8 Å². The molecule has 0 N–H and O–H groups in total. The second kappa shape index (κ2) is 9.57. The summed E-state index contributed by atoms with van der Waals surface area (Å²) in [5.41, 5.74) is 2.21. The van der Waals surface area contributed by atoms with Crippen molar-refractivity contribution >= 4 is 23.3 Å². The van der Waals surface area contributed by atoms with Gasteiger partial charge in [0.15, 0.2) is 13.2 Å². The lowest BCUT2D eigenvalue weighted by Gasteiger charge is -2.15. The Morgan fingerprint density at radius 3 is 2.58 bits per heavy atom. The smallest absolute Gasteiger partial charge is 0.344 e. The Morgan fingerprint density at radius 2 is 1.94 bits per heavy atom. The first kappa shape index (κ1) is 22.2. The number of nitro benzene ring substituents is 1. The zero-order chi connectivity index (χ0) is 22.5. The summed E-state index contributed by atoms with van der Waals surface area (Å²) in [6.45, 7) is 5.35. The topological polar surface area (TPSA) is 118 Å². The SMILES string of the molecule is Cc1cc(OCC(=O)OCc2nnc(-c3ccc([N+](=O)[O-])cc3)o2)c(C(C)C)cc1Cl. The zero-order valence-electron chi connectivity index (χ0n) is 17.1. The number of hydrogen-bond donors (Lipinski definition) is 0. The van der Waals surface area contributed by atoms with Crippen LogP contribution >= 0.6 is 11.6 Å². The summed E-state index contributed by atoms with van der Waals surface area (Å²) < 4.78 is 16.2. The normalized spacial score (nSPS) is 10.9. The first-order chi connectivity index (χ1) is 14.7. The highest BCUT2D eigenvalue weighted by Crippen LogP contribution is 2.32.